The lowest BCUT2D eigenvalue weighted by Crippen LogP contribution is -2.34. The number of hydrogen-bond acceptors (Lipinski definition) is 4. The topological polar surface area (TPSA) is 70.6 Å². The van der Waals surface area contributed by atoms with Crippen LogP contribution in [0.4, 0.5) is 8.78 Å². The summed E-state index contributed by atoms with van der Waals surface area (Å²) < 4.78 is 54.9. The van der Waals surface area contributed by atoms with Crippen molar-refractivity contribution in [3.05, 3.63) is 65.2 Å². The lowest BCUT2D eigenvalue weighted by atomic mass is 9.79. The van der Waals surface area contributed by atoms with Crippen LogP contribution in [0.15, 0.2) is 52.4 Å². The van der Waals surface area contributed by atoms with Gasteiger partial charge in [0, 0.05) is 25.4 Å². The highest BCUT2D eigenvalue weighted by molar-refractivity contribution is 7.89. The molecule has 5 rings (SSSR count). The quantitative estimate of drug-likeness (QED) is 0.629. The molecule has 5 nitrogen and oxygen atoms in total. The first kappa shape index (κ1) is 23.4. The molecule has 0 spiro atoms. The Morgan fingerprint density at radius 2 is 1.68 bits per heavy atom. The van der Waals surface area contributed by atoms with Crippen LogP contribution in [0.3, 0.4) is 0 Å². The molecule has 34 heavy (non-hydrogen) atoms. The van der Waals surface area contributed by atoms with E-state index in [1.54, 1.807) is 12.1 Å². The predicted molar refractivity (Wildman–Crippen MR) is 128 cm³/mol. The van der Waals surface area contributed by atoms with Gasteiger partial charge in [-0.3, -0.25) is 4.99 Å². The molecule has 2 aromatic rings. The fourth-order valence-electron chi connectivity index (χ4n) is 5.71. The van der Waals surface area contributed by atoms with Crippen LogP contribution in [0.25, 0.3) is 0 Å². The summed E-state index contributed by atoms with van der Waals surface area (Å²) in [7, 11) is -3.83. The highest BCUT2D eigenvalue weighted by Crippen LogP contribution is 2.40. The number of aryl methyl sites for hydroxylation is 1. The van der Waals surface area contributed by atoms with Crippen molar-refractivity contribution < 1.29 is 17.2 Å². The van der Waals surface area contributed by atoms with Gasteiger partial charge in [-0.2, -0.15) is 0 Å². The van der Waals surface area contributed by atoms with Crippen LogP contribution < -0.4 is 10.0 Å². The molecule has 1 saturated carbocycles. The van der Waals surface area contributed by atoms with Crippen molar-refractivity contribution in [2.75, 3.05) is 13.1 Å². The van der Waals surface area contributed by atoms with E-state index in [1.165, 1.54) is 23.8 Å². The van der Waals surface area contributed by atoms with E-state index in [4.69, 9.17) is 4.99 Å². The lowest BCUT2D eigenvalue weighted by molar-refractivity contribution is 0.275. The molecule has 0 bridgehead atoms. The zero-order valence-corrected chi connectivity index (χ0v) is 20.0. The van der Waals surface area contributed by atoms with Gasteiger partial charge < -0.3 is 5.32 Å². The van der Waals surface area contributed by atoms with Crippen LogP contribution in [-0.2, 0) is 16.4 Å². The summed E-state index contributed by atoms with van der Waals surface area (Å²) in [5.74, 6) is 1.32. The Kier molecular flexibility index (Phi) is 6.71. The van der Waals surface area contributed by atoms with Crippen molar-refractivity contribution in [2.45, 2.75) is 61.8 Å². The van der Waals surface area contributed by atoms with E-state index in [2.05, 4.69) is 10.0 Å². The van der Waals surface area contributed by atoms with E-state index < -0.39 is 15.8 Å². The van der Waals surface area contributed by atoms with Gasteiger partial charge in [-0.1, -0.05) is 18.2 Å². The highest BCUT2D eigenvalue weighted by atomic mass is 32.2. The molecule has 2 atom stereocenters. The van der Waals surface area contributed by atoms with Gasteiger partial charge in [0.25, 0.3) is 0 Å². The van der Waals surface area contributed by atoms with Crippen molar-refractivity contribution in [2.24, 2.45) is 16.8 Å². The third kappa shape index (κ3) is 5.03. The largest absolute Gasteiger partial charge is 0.374 e. The summed E-state index contributed by atoms with van der Waals surface area (Å²) in [4.78, 5) is 4.63. The summed E-state index contributed by atoms with van der Waals surface area (Å²) in [5.41, 5.74) is 2.37. The number of rotatable bonds is 6. The summed E-state index contributed by atoms with van der Waals surface area (Å²) in [6.45, 7) is 1.22. The third-order valence-electron chi connectivity index (χ3n) is 7.66. The number of benzene rings is 2. The maximum atomic E-state index is 13.9. The molecule has 3 aliphatic rings. The van der Waals surface area contributed by atoms with Gasteiger partial charge in [-0.25, -0.2) is 21.9 Å². The molecule has 1 fully saturated rings. The normalized spacial score (nSPS) is 26.5. The number of aliphatic imine (C=N–C) groups is 1. The Bertz CT molecular complexity index is 1180. The average molecular weight is 488 g/mol. The van der Waals surface area contributed by atoms with E-state index >= 15 is 0 Å². The Labute approximate surface area is 200 Å². The van der Waals surface area contributed by atoms with Crippen LogP contribution in [0.2, 0.25) is 0 Å². The molecule has 0 amide bonds. The summed E-state index contributed by atoms with van der Waals surface area (Å²) in [6, 6.07) is 10.9. The van der Waals surface area contributed by atoms with Gasteiger partial charge in [0.1, 0.15) is 16.5 Å². The first-order valence-electron chi connectivity index (χ1n) is 12.2. The number of hydrogen-bond donors (Lipinski definition) is 2. The summed E-state index contributed by atoms with van der Waals surface area (Å²) >= 11 is 0. The first-order chi connectivity index (χ1) is 16.4. The molecular formula is C26H31F2N3O2S. The number of halogens is 2. The molecule has 0 radical (unpaired) electrons. The van der Waals surface area contributed by atoms with E-state index in [0.717, 1.165) is 69.0 Å². The van der Waals surface area contributed by atoms with Crippen LogP contribution in [0.5, 0.6) is 0 Å². The lowest BCUT2D eigenvalue weighted by Gasteiger charge is -2.29. The Balaban J connectivity index is 1.07. The number of nitrogens with one attached hydrogen (secondary N) is 2. The average Bonchev–Trinajstić information content (AvgIpc) is 3.26. The fraction of sp³-hybridized carbons (Fsp3) is 0.500. The molecule has 2 aliphatic carbocycles. The van der Waals surface area contributed by atoms with E-state index in [-0.39, 0.29) is 16.6 Å². The second-order valence-electron chi connectivity index (χ2n) is 9.89. The van der Waals surface area contributed by atoms with E-state index in [9.17, 15) is 17.2 Å². The number of nitrogens with zero attached hydrogens (tertiary/aromatic N) is 1. The van der Waals surface area contributed by atoms with Gasteiger partial charge in [-0.15, -0.1) is 0 Å². The van der Waals surface area contributed by atoms with Crippen molar-refractivity contribution in [3.63, 3.8) is 0 Å². The summed E-state index contributed by atoms with van der Waals surface area (Å²) in [6.07, 6.45) is 6.70. The molecule has 0 saturated heterocycles. The minimum atomic E-state index is -3.83. The standard InChI is InChI=1S/C26H31F2N3O2S/c27-20-10-11-21-19(13-20)9-12-24-22(21)14-26(31-24)29-15-17-5-7-18(8-6-17)16-30-34(32,33)25-4-2-1-3-23(25)28/h1-4,10-11,13,17-18,22,24,30H,5-9,12,14-16H2,(H,29,31)/t17?,18?,22-,24+/m0/s1. The van der Waals surface area contributed by atoms with Crippen LogP contribution in [-0.4, -0.2) is 33.4 Å². The number of amidine groups is 1. The van der Waals surface area contributed by atoms with Gasteiger partial charge in [-0.05, 0) is 85.8 Å². The van der Waals surface area contributed by atoms with Crippen molar-refractivity contribution in [3.8, 4) is 0 Å². The number of sulfonamides is 1. The van der Waals surface area contributed by atoms with Crippen molar-refractivity contribution >= 4 is 15.9 Å². The SMILES string of the molecule is O=S(=O)(NCC1CCC(CNC2=N[C@@H]3CCc4cc(F)ccc4[C@@H]3C2)CC1)c1ccccc1F. The van der Waals surface area contributed by atoms with Gasteiger partial charge in [0.15, 0.2) is 0 Å². The molecule has 182 valence electrons. The maximum absolute atomic E-state index is 13.9. The van der Waals surface area contributed by atoms with Gasteiger partial charge in [0.05, 0.1) is 11.9 Å². The minimum absolute atomic E-state index is 0.162. The molecule has 0 aromatic heterocycles. The van der Waals surface area contributed by atoms with E-state index in [0.29, 0.717) is 24.4 Å². The van der Waals surface area contributed by atoms with Crippen molar-refractivity contribution in [1.82, 2.24) is 10.0 Å². The molecule has 2 N–H and O–H groups in total. The van der Waals surface area contributed by atoms with Crippen LogP contribution in [0, 0.1) is 23.5 Å². The second-order valence-corrected chi connectivity index (χ2v) is 11.6. The van der Waals surface area contributed by atoms with E-state index in [1.807, 2.05) is 6.07 Å². The zero-order chi connectivity index (χ0) is 23.7. The smallest absolute Gasteiger partial charge is 0.243 e. The molecule has 1 aliphatic heterocycles. The Morgan fingerprint density at radius 1 is 0.941 bits per heavy atom. The number of fused-ring (bicyclic) bond motifs is 3. The monoisotopic (exact) mass is 487 g/mol. The fourth-order valence-corrected chi connectivity index (χ4v) is 6.91. The molecule has 8 heteroatoms. The third-order valence-corrected chi connectivity index (χ3v) is 9.12. The zero-order valence-electron chi connectivity index (χ0n) is 19.1. The molecule has 1 heterocycles. The van der Waals surface area contributed by atoms with Crippen LogP contribution >= 0.6 is 0 Å². The van der Waals surface area contributed by atoms with Gasteiger partial charge in [0.2, 0.25) is 10.0 Å². The Hall–Kier alpha value is -2.32. The first-order valence-corrected chi connectivity index (χ1v) is 13.7. The van der Waals surface area contributed by atoms with Gasteiger partial charge >= 0.3 is 0 Å². The summed E-state index contributed by atoms with van der Waals surface area (Å²) in [5, 5.41) is 3.57. The minimum Gasteiger partial charge on any atom is -0.374 e. The second kappa shape index (κ2) is 9.74. The molecule has 2 aromatic carbocycles. The van der Waals surface area contributed by atoms with Crippen molar-refractivity contribution in [1.29, 1.82) is 0 Å². The molecular weight excluding hydrogens is 456 g/mol. The maximum Gasteiger partial charge on any atom is 0.243 e. The Morgan fingerprint density at radius 3 is 2.44 bits per heavy atom. The molecule has 0 unspecified atom stereocenters. The van der Waals surface area contributed by atoms with Crippen LogP contribution in [0.1, 0.15) is 55.6 Å². The predicted octanol–water partition coefficient (Wildman–Crippen LogP) is 4.54. The highest BCUT2D eigenvalue weighted by Gasteiger charge is 2.35.